The smallest absolute Gasteiger partial charge is 0.407 e. The van der Waals surface area contributed by atoms with Gasteiger partial charge in [0.1, 0.15) is 0 Å². The van der Waals surface area contributed by atoms with Gasteiger partial charge in [0.2, 0.25) is 0 Å². The Morgan fingerprint density at radius 2 is 1.84 bits per heavy atom. The molecule has 4 atom stereocenters. The normalized spacial score (nSPS) is 38.2. The molecule has 3 aliphatic rings. The first-order chi connectivity index (χ1) is 12.0. The lowest BCUT2D eigenvalue weighted by Crippen LogP contribution is -2.52. The Labute approximate surface area is 150 Å². The maximum absolute atomic E-state index is 12.5. The zero-order chi connectivity index (χ0) is 18.0. The third-order valence-electron chi connectivity index (χ3n) is 6.76. The second-order valence-corrected chi connectivity index (χ2v) is 7.89. The summed E-state index contributed by atoms with van der Waals surface area (Å²) < 4.78 is 10.2. The van der Waals surface area contributed by atoms with Crippen LogP contribution in [0.5, 0.6) is 0 Å². The molecule has 0 aromatic carbocycles. The highest BCUT2D eigenvalue weighted by atomic mass is 16.5. The molecule has 1 N–H and O–H groups in total. The number of fused-ring (bicyclic) bond motifs is 2. The van der Waals surface area contributed by atoms with Gasteiger partial charge in [0, 0.05) is 18.1 Å². The number of hydrogen-bond donors (Lipinski definition) is 1. The molecule has 0 spiro atoms. The monoisotopic (exact) mass is 352 g/mol. The number of esters is 1. The van der Waals surface area contributed by atoms with Crippen molar-refractivity contribution < 1.29 is 19.1 Å². The van der Waals surface area contributed by atoms with E-state index in [0.29, 0.717) is 30.5 Å². The number of hydrogen-bond acceptors (Lipinski definition) is 5. The fraction of sp³-hybridized carbons (Fsp3) is 0.895. The summed E-state index contributed by atoms with van der Waals surface area (Å²) >= 11 is 0. The number of rotatable bonds is 4. The molecule has 2 aliphatic heterocycles. The van der Waals surface area contributed by atoms with Crippen molar-refractivity contribution in [3.8, 4) is 0 Å². The van der Waals surface area contributed by atoms with Crippen molar-refractivity contribution in [3.05, 3.63) is 0 Å². The van der Waals surface area contributed by atoms with Gasteiger partial charge in [-0.15, -0.1) is 0 Å². The van der Waals surface area contributed by atoms with Gasteiger partial charge >= 0.3 is 12.1 Å². The molecule has 6 nitrogen and oxygen atoms in total. The van der Waals surface area contributed by atoms with Crippen LogP contribution in [0.1, 0.15) is 51.9 Å². The van der Waals surface area contributed by atoms with Gasteiger partial charge in [-0.3, -0.25) is 9.69 Å². The van der Waals surface area contributed by atoms with E-state index in [4.69, 9.17) is 9.47 Å². The summed E-state index contributed by atoms with van der Waals surface area (Å²) in [7, 11) is 3.68. The number of nitrogens with zero attached hydrogens (tertiary/aromatic N) is 1. The minimum absolute atomic E-state index is 0.00770. The van der Waals surface area contributed by atoms with E-state index in [9.17, 15) is 9.59 Å². The van der Waals surface area contributed by atoms with Gasteiger partial charge in [0.15, 0.2) is 0 Å². The van der Waals surface area contributed by atoms with Crippen LogP contribution in [-0.4, -0.2) is 55.9 Å². The predicted molar refractivity (Wildman–Crippen MR) is 94.1 cm³/mol. The number of carbonyl (C=O) groups is 2. The average molecular weight is 352 g/mol. The summed E-state index contributed by atoms with van der Waals surface area (Å²) in [5.74, 6) is 0.952. The number of alkyl carbamates (subject to hydrolysis) is 1. The van der Waals surface area contributed by atoms with Gasteiger partial charge < -0.3 is 14.8 Å². The van der Waals surface area contributed by atoms with Crippen molar-refractivity contribution in [1.29, 1.82) is 0 Å². The van der Waals surface area contributed by atoms with E-state index in [1.54, 1.807) is 0 Å². The molecule has 2 bridgehead atoms. The van der Waals surface area contributed by atoms with Gasteiger partial charge in [-0.1, -0.05) is 0 Å². The quantitative estimate of drug-likeness (QED) is 0.788. The third kappa shape index (κ3) is 3.78. The lowest BCUT2D eigenvalue weighted by molar-refractivity contribution is -0.154. The van der Waals surface area contributed by atoms with Crippen LogP contribution in [0.4, 0.5) is 4.79 Å². The van der Waals surface area contributed by atoms with Crippen LogP contribution in [0, 0.1) is 17.8 Å². The molecule has 0 aromatic rings. The van der Waals surface area contributed by atoms with Crippen molar-refractivity contribution in [3.63, 3.8) is 0 Å². The maximum atomic E-state index is 12.5. The predicted octanol–water partition coefficient (Wildman–Crippen LogP) is 2.56. The number of ether oxygens (including phenoxy) is 2. The van der Waals surface area contributed by atoms with E-state index < -0.39 is 0 Å². The van der Waals surface area contributed by atoms with Gasteiger partial charge in [0.25, 0.3) is 0 Å². The molecule has 1 aliphatic carbocycles. The number of carbonyl (C=O) groups excluding carboxylic acids is 2. The summed E-state index contributed by atoms with van der Waals surface area (Å²) in [6.45, 7) is 2.22. The topological polar surface area (TPSA) is 67.9 Å². The van der Waals surface area contributed by atoms with Gasteiger partial charge in [-0.05, 0) is 70.8 Å². The molecule has 0 radical (unpaired) electrons. The number of piperidine rings is 1. The van der Waals surface area contributed by atoms with E-state index >= 15 is 0 Å². The summed E-state index contributed by atoms with van der Waals surface area (Å²) in [4.78, 5) is 26.5. The standard InChI is InChI=1S/C19H32N2O4/c1-4-25-19(23)20-13-7-5-12(6-8-13)15-11-14-9-10-16(21(14)2)17(15)18(22)24-3/h12-17H,4-11H2,1-3H3,(H,20,23)/t12?,13?,14-,15-,16?,17?/m1/s1. The Balaban J connectivity index is 1.61. The van der Waals surface area contributed by atoms with Gasteiger partial charge in [-0.2, -0.15) is 0 Å². The molecular weight excluding hydrogens is 320 g/mol. The highest BCUT2D eigenvalue weighted by molar-refractivity contribution is 5.74. The van der Waals surface area contributed by atoms with Crippen LogP contribution in [0.25, 0.3) is 0 Å². The Morgan fingerprint density at radius 1 is 1.12 bits per heavy atom. The Morgan fingerprint density at radius 3 is 2.48 bits per heavy atom. The first-order valence-electron chi connectivity index (χ1n) is 9.78. The Bertz CT molecular complexity index is 490. The molecule has 0 aromatic heterocycles. The van der Waals surface area contributed by atoms with E-state index in [1.165, 1.54) is 13.5 Å². The summed E-state index contributed by atoms with van der Waals surface area (Å²) in [6, 6.07) is 1.16. The highest BCUT2D eigenvalue weighted by Crippen LogP contribution is 2.48. The average Bonchev–Trinajstić information content (AvgIpc) is 2.84. The summed E-state index contributed by atoms with van der Waals surface area (Å²) in [6.07, 6.45) is 7.18. The minimum atomic E-state index is -0.310. The lowest BCUT2D eigenvalue weighted by atomic mass is 9.67. The molecule has 1 saturated carbocycles. The maximum Gasteiger partial charge on any atom is 0.407 e. The van der Waals surface area contributed by atoms with Crippen molar-refractivity contribution >= 4 is 12.1 Å². The van der Waals surface area contributed by atoms with E-state index in [-0.39, 0.29) is 24.0 Å². The van der Waals surface area contributed by atoms with Crippen LogP contribution >= 0.6 is 0 Å². The second kappa shape index (κ2) is 7.94. The number of methoxy groups -OCH3 is 1. The molecule has 6 heteroatoms. The molecule has 2 saturated heterocycles. The third-order valence-corrected chi connectivity index (χ3v) is 6.76. The molecule has 2 unspecified atom stereocenters. The molecule has 3 rings (SSSR count). The Kier molecular flexibility index (Phi) is 5.87. The lowest BCUT2D eigenvalue weighted by Gasteiger charge is -2.46. The van der Waals surface area contributed by atoms with Crippen LogP contribution in [-0.2, 0) is 14.3 Å². The summed E-state index contributed by atoms with van der Waals surface area (Å²) in [5.41, 5.74) is 0. The van der Waals surface area contributed by atoms with Crippen molar-refractivity contribution in [2.24, 2.45) is 17.8 Å². The SMILES string of the molecule is CCOC(=O)NC1CCC([C@H]2C[C@H]3CCC(C2C(=O)OC)N3C)CC1. The molecular formula is C19H32N2O4. The van der Waals surface area contributed by atoms with Crippen LogP contribution < -0.4 is 5.32 Å². The van der Waals surface area contributed by atoms with Crippen molar-refractivity contribution in [2.75, 3.05) is 20.8 Å². The molecule has 25 heavy (non-hydrogen) atoms. The van der Waals surface area contributed by atoms with Crippen LogP contribution in [0.2, 0.25) is 0 Å². The first kappa shape index (κ1) is 18.5. The van der Waals surface area contributed by atoms with E-state index in [1.807, 2.05) is 6.92 Å². The van der Waals surface area contributed by atoms with Gasteiger partial charge in [0.05, 0.1) is 19.6 Å². The zero-order valence-electron chi connectivity index (χ0n) is 15.7. The Hall–Kier alpha value is -1.30. The minimum Gasteiger partial charge on any atom is -0.469 e. The molecule has 142 valence electrons. The number of nitrogens with one attached hydrogen (secondary N) is 1. The molecule has 3 fully saturated rings. The zero-order valence-corrected chi connectivity index (χ0v) is 15.7. The fourth-order valence-corrected chi connectivity index (χ4v) is 5.49. The van der Waals surface area contributed by atoms with Gasteiger partial charge in [-0.25, -0.2) is 4.79 Å². The summed E-state index contributed by atoms with van der Waals surface area (Å²) in [5, 5.41) is 2.96. The largest absolute Gasteiger partial charge is 0.469 e. The van der Waals surface area contributed by atoms with E-state index in [2.05, 4.69) is 17.3 Å². The van der Waals surface area contributed by atoms with E-state index in [0.717, 1.165) is 38.5 Å². The first-order valence-corrected chi connectivity index (χ1v) is 9.78. The van der Waals surface area contributed by atoms with Crippen molar-refractivity contribution in [1.82, 2.24) is 10.2 Å². The molecule has 2 heterocycles. The van der Waals surface area contributed by atoms with Crippen LogP contribution in [0.3, 0.4) is 0 Å². The van der Waals surface area contributed by atoms with Crippen molar-refractivity contribution in [2.45, 2.75) is 70.0 Å². The second-order valence-electron chi connectivity index (χ2n) is 7.89. The highest BCUT2D eigenvalue weighted by Gasteiger charge is 2.51. The fourth-order valence-electron chi connectivity index (χ4n) is 5.49. The number of amides is 1. The van der Waals surface area contributed by atoms with Crippen LogP contribution in [0.15, 0.2) is 0 Å². The molecule has 1 amide bonds.